The van der Waals surface area contributed by atoms with Crippen LogP contribution in [0.15, 0.2) is 54.6 Å². The summed E-state index contributed by atoms with van der Waals surface area (Å²) < 4.78 is 0. The van der Waals surface area contributed by atoms with Crippen molar-refractivity contribution in [2.75, 3.05) is 0 Å². The maximum absolute atomic E-state index is 11.7. The summed E-state index contributed by atoms with van der Waals surface area (Å²) in [7, 11) is 0. The van der Waals surface area contributed by atoms with Crippen LogP contribution in [-0.2, 0) is 11.2 Å². The van der Waals surface area contributed by atoms with E-state index >= 15 is 0 Å². The summed E-state index contributed by atoms with van der Waals surface area (Å²) in [6, 6.07) is 16.7. The first-order valence-corrected chi connectivity index (χ1v) is 5.97. The van der Waals surface area contributed by atoms with Crippen LogP contribution in [0.4, 0.5) is 0 Å². The van der Waals surface area contributed by atoms with E-state index in [0.29, 0.717) is 5.02 Å². The maximum atomic E-state index is 11.7. The Morgan fingerprint density at radius 2 is 1.67 bits per heavy atom. The van der Waals surface area contributed by atoms with Crippen LogP contribution in [0.25, 0.3) is 0 Å². The first kappa shape index (κ1) is 12.4. The maximum Gasteiger partial charge on any atom is 0.210 e. The van der Waals surface area contributed by atoms with Gasteiger partial charge in [0.2, 0.25) is 5.78 Å². The van der Waals surface area contributed by atoms with Crippen LogP contribution in [0, 0.1) is 11.8 Å². The molecule has 0 aromatic heterocycles. The molecule has 0 saturated heterocycles. The zero-order valence-electron chi connectivity index (χ0n) is 9.69. The number of Topliss-reactive ketones (excluding diaryl/α,β-unsaturated/α-hetero) is 1. The van der Waals surface area contributed by atoms with Crippen molar-refractivity contribution in [2.24, 2.45) is 0 Å². The van der Waals surface area contributed by atoms with Crippen LogP contribution in [0.3, 0.4) is 0 Å². The van der Waals surface area contributed by atoms with Crippen molar-refractivity contribution in [2.45, 2.75) is 6.42 Å². The molecule has 0 bridgehead atoms. The van der Waals surface area contributed by atoms with Crippen LogP contribution >= 0.6 is 11.6 Å². The molecule has 0 saturated carbocycles. The molecule has 0 unspecified atom stereocenters. The van der Waals surface area contributed by atoms with Gasteiger partial charge in [0.15, 0.2) is 0 Å². The molecule has 0 aliphatic carbocycles. The molecule has 2 rings (SSSR count). The Hall–Kier alpha value is -2.04. The average Bonchev–Trinajstić information content (AvgIpc) is 2.40. The van der Waals surface area contributed by atoms with E-state index < -0.39 is 0 Å². The van der Waals surface area contributed by atoms with E-state index in [1.165, 1.54) is 0 Å². The summed E-state index contributed by atoms with van der Waals surface area (Å²) in [5.41, 5.74) is 1.65. The molecule has 0 amide bonds. The molecule has 0 aliphatic heterocycles. The topological polar surface area (TPSA) is 17.1 Å². The SMILES string of the molecule is O=C(C#Cc1ccccc1)Cc1ccccc1Cl. The van der Waals surface area contributed by atoms with Gasteiger partial charge in [-0.2, -0.15) is 0 Å². The predicted molar refractivity (Wildman–Crippen MR) is 73.5 cm³/mol. The second kappa shape index (κ2) is 6.05. The molecule has 1 nitrogen and oxygen atoms in total. The quantitative estimate of drug-likeness (QED) is 0.750. The van der Waals surface area contributed by atoms with Gasteiger partial charge in [-0.25, -0.2) is 0 Å². The van der Waals surface area contributed by atoms with E-state index in [0.717, 1.165) is 11.1 Å². The Morgan fingerprint density at radius 3 is 2.39 bits per heavy atom. The van der Waals surface area contributed by atoms with E-state index in [1.54, 1.807) is 6.07 Å². The zero-order chi connectivity index (χ0) is 12.8. The van der Waals surface area contributed by atoms with Gasteiger partial charge in [-0.1, -0.05) is 53.9 Å². The predicted octanol–water partition coefficient (Wildman–Crippen LogP) is 3.50. The molecule has 0 fully saturated rings. The lowest BCUT2D eigenvalue weighted by Crippen LogP contribution is -1.99. The third-order valence-corrected chi connectivity index (χ3v) is 2.80. The number of carbonyl (C=O) groups excluding carboxylic acids is 1. The Bertz CT molecular complexity index is 606. The Morgan fingerprint density at radius 1 is 1.00 bits per heavy atom. The van der Waals surface area contributed by atoms with Crippen molar-refractivity contribution in [3.63, 3.8) is 0 Å². The summed E-state index contributed by atoms with van der Waals surface area (Å²) in [6.45, 7) is 0. The molecule has 88 valence electrons. The molecule has 2 heteroatoms. The highest BCUT2D eigenvalue weighted by atomic mass is 35.5. The van der Waals surface area contributed by atoms with Gasteiger partial charge in [-0.15, -0.1) is 0 Å². The van der Waals surface area contributed by atoms with E-state index in [9.17, 15) is 4.79 Å². The highest BCUT2D eigenvalue weighted by Crippen LogP contribution is 2.15. The van der Waals surface area contributed by atoms with Crippen LogP contribution in [0.5, 0.6) is 0 Å². The molecule has 0 aliphatic rings. The lowest BCUT2D eigenvalue weighted by Gasteiger charge is -1.98. The fourth-order valence-corrected chi connectivity index (χ4v) is 1.72. The van der Waals surface area contributed by atoms with Gasteiger partial charge in [-0.05, 0) is 29.7 Å². The average molecular weight is 255 g/mol. The molecule has 0 radical (unpaired) electrons. The number of hydrogen-bond donors (Lipinski definition) is 0. The minimum atomic E-state index is -0.132. The van der Waals surface area contributed by atoms with Gasteiger partial charge in [-0.3, -0.25) is 4.79 Å². The minimum Gasteiger partial charge on any atom is -0.285 e. The van der Waals surface area contributed by atoms with Gasteiger partial charge >= 0.3 is 0 Å². The van der Waals surface area contributed by atoms with Crippen LogP contribution in [-0.4, -0.2) is 5.78 Å². The van der Waals surface area contributed by atoms with Crippen LogP contribution in [0.2, 0.25) is 5.02 Å². The second-order valence-electron chi connectivity index (χ2n) is 3.81. The highest BCUT2D eigenvalue weighted by molar-refractivity contribution is 6.31. The number of rotatable bonds is 2. The van der Waals surface area contributed by atoms with Crippen LogP contribution in [0.1, 0.15) is 11.1 Å². The van der Waals surface area contributed by atoms with Gasteiger partial charge < -0.3 is 0 Å². The zero-order valence-corrected chi connectivity index (χ0v) is 10.4. The van der Waals surface area contributed by atoms with Crippen molar-refractivity contribution >= 4 is 17.4 Å². The summed E-state index contributed by atoms with van der Waals surface area (Å²) in [6.07, 6.45) is 0.250. The lowest BCUT2D eigenvalue weighted by molar-refractivity contribution is -0.113. The van der Waals surface area contributed by atoms with Gasteiger partial charge in [0, 0.05) is 17.0 Å². The first-order chi connectivity index (χ1) is 8.75. The van der Waals surface area contributed by atoms with Crippen LogP contribution < -0.4 is 0 Å². The third-order valence-electron chi connectivity index (χ3n) is 2.43. The van der Waals surface area contributed by atoms with E-state index in [-0.39, 0.29) is 12.2 Å². The fourth-order valence-electron chi connectivity index (χ4n) is 1.52. The van der Waals surface area contributed by atoms with Gasteiger partial charge in [0.1, 0.15) is 0 Å². The molecular weight excluding hydrogens is 244 g/mol. The molecule has 2 aromatic carbocycles. The fraction of sp³-hybridized carbons (Fsp3) is 0.0625. The van der Waals surface area contributed by atoms with Gasteiger partial charge in [0.25, 0.3) is 0 Å². The summed E-state index contributed by atoms with van der Waals surface area (Å²) in [5, 5.41) is 0.604. The standard InChI is InChI=1S/C16H11ClO/c17-16-9-5-4-8-14(16)12-15(18)11-10-13-6-2-1-3-7-13/h1-9H,12H2. The largest absolute Gasteiger partial charge is 0.285 e. The molecule has 0 atom stereocenters. The number of halogens is 1. The number of hydrogen-bond acceptors (Lipinski definition) is 1. The molecule has 0 spiro atoms. The molecule has 0 heterocycles. The minimum absolute atomic E-state index is 0.132. The van der Waals surface area contributed by atoms with E-state index in [2.05, 4.69) is 11.8 Å². The molecule has 0 N–H and O–H groups in total. The van der Waals surface area contributed by atoms with Crippen molar-refractivity contribution in [3.8, 4) is 11.8 Å². The third kappa shape index (κ3) is 3.48. The first-order valence-electron chi connectivity index (χ1n) is 5.59. The second-order valence-corrected chi connectivity index (χ2v) is 4.21. The monoisotopic (exact) mass is 254 g/mol. The molecule has 18 heavy (non-hydrogen) atoms. The Labute approximate surface area is 111 Å². The number of carbonyl (C=O) groups is 1. The number of benzene rings is 2. The highest BCUT2D eigenvalue weighted by Gasteiger charge is 2.03. The summed E-state index contributed by atoms with van der Waals surface area (Å²) in [4.78, 5) is 11.7. The van der Waals surface area contributed by atoms with Crippen molar-refractivity contribution in [1.82, 2.24) is 0 Å². The lowest BCUT2D eigenvalue weighted by atomic mass is 10.1. The summed E-state index contributed by atoms with van der Waals surface area (Å²) >= 11 is 5.99. The number of ketones is 1. The van der Waals surface area contributed by atoms with Crippen molar-refractivity contribution in [3.05, 3.63) is 70.7 Å². The smallest absolute Gasteiger partial charge is 0.210 e. The van der Waals surface area contributed by atoms with E-state index in [1.807, 2.05) is 48.5 Å². The van der Waals surface area contributed by atoms with E-state index in [4.69, 9.17) is 11.6 Å². The summed E-state index contributed by atoms with van der Waals surface area (Å²) in [5.74, 6) is 5.34. The molecule has 2 aromatic rings. The Kier molecular flexibility index (Phi) is 4.17. The van der Waals surface area contributed by atoms with Crippen molar-refractivity contribution in [1.29, 1.82) is 0 Å². The normalized spacial score (nSPS) is 9.39. The van der Waals surface area contributed by atoms with Crippen molar-refractivity contribution < 1.29 is 4.79 Å². The molecular formula is C16H11ClO. The Balaban J connectivity index is 2.07. The van der Waals surface area contributed by atoms with Gasteiger partial charge in [0.05, 0.1) is 0 Å².